The Labute approximate surface area is 136 Å². The van der Waals surface area contributed by atoms with Crippen molar-refractivity contribution in [1.29, 1.82) is 0 Å². The third kappa shape index (κ3) is 2.91. The maximum absolute atomic E-state index is 13.0. The molecule has 0 radical (unpaired) electrons. The van der Waals surface area contributed by atoms with E-state index in [2.05, 4.69) is 5.10 Å². The van der Waals surface area contributed by atoms with Crippen LogP contribution in [0.15, 0.2) is 35.4 Å². The summed E-state index contributed by atoms with van der Waals surface area (Å²) in [6.07, 6.45) is 1.89. The summed E-state index contributed by atoms with van der Waals surface area (Å²) in [6, 6.07) is 7.08. The zero-order valence-corrected chi connectivity index (χ0v) is 14.4. The molecule has 2 aromatic rings. The Kier molecular flexibility index (Phi) is 4.27. The summed E-state index contributed by atoms with van der Waals surface area (Å²) in [5.41, 5.74) is 2.64. The molecule has 1 aromatic carbocycles. The number of rotatable bonds is 4. The van der Waals surface area contributed by atoms with E-state index < -0.39 is 10.0 Å². The molecule has 7 heteroatoms. The highest BCUT2D eigenvalue weighted by atomic mass is 32.2. The third-order valence-electron chi connectivity index (χ3n) is 4.17. The first-order valence-electron chi connectivity index (χ1n) is 7.50. The monoisotopic (exact) mass is 335 g/mol. The molecule has 0 spiro atoms. The largest absolute Gasteiger partial charge is 0.384 e. The highest BCUT2D eigenvalue weighted by Gasteiger charge is 2.35. The number of aryl methyl sites for hydroxylation is 2. The molecule has 0 aliphatic carbocycles. The lowest BCUT2D eigenvalue weighted by Gasteiger charge is -2.31. The number of aromatic nitrogens is 2. The molecule has 0 saturated carbocycles. The highest BCUT2D eigenvalue weighted by Crippen LogP contribution is 2.31. The number of hydrogen-bond acceptors (Lipinski definition) is 4. The fraction of sp³-hybridized carbons (Fsp3) is 0.438. The summed E-state index contributed by atoms with van der Waals surface area (Å²) in [7, 11) is -0.0647. The quantitative estimate of drug-likeness (QED) is 0.852. The summed E-state index contributed by atoms with van der Waals surface area (Å²) in [5.74, 6) is -0.0521. The first kappa shape index (κ1) is 16.2. The number of methoxy groups -OCH3 is 1. The standard InChI is InChI=1S/C16H21N3O3S/c1-12-6-4-5-7-15(12)23(20,21)19-9-13-8-18(2)17-16(13)14(10-19)11-22-3/h4-8,14H,9-11H2,1-3H3. The SMILES string of the molecule is COCC1CN(S(=O)(=O)c2ccccc2C)Cc2cn(C)nc21. The number of fused-ring (bicyclic) bond motifs is 1. The van der Waals surface area contributed by atoms with Gasteiger partial charge in [0, 0.05) is 44.9 Å². The van der Waals surface area contributed by atoms with E-state index in [1.807, 2.05) is 32.3 Å². The molecular weight excluding hydrogens is 314 g/mol. The lowest BCUT2D eigenvalue weighted by Crippen LogP contribution is -2.39. The number of nitrogens with zero attached hydrogens (tertiary/aromatic N) is 3. The van der Waals surface area contributed by atoms with Gasteiger partial charge in [-0.2, -0.15) is 9.40 Å². The van der Waals surface area contributed by atoms with Gasteiger partial charge >= 0.3 is 0 Å². The summed E-state index contributed by atoms with van der Waals surface area (Å²) >= 11 is 0. The van der Waals surface area contributed by atoms with Gasteiger partial charge in [0.05, 0.1) is 17.2 Å². The minimum atomic E-state index is -3.54. The van der Waals surface area contributed by atoms with E-state index in [0.29, 0.717) is 24.6 Å². The molecular formula is C16H21N3O3S. The number of ether oxygens (including phenoxy) is 1. The Morgan fingerprint density at radius 1 is 1.35 bits per heavy atom. The van der Waals surface area contributed by atoms with Crippen molar-refractivity contribution in [2.75, 3.05) is 20.3 Å². The summed E-state index contributed by atoms with van der Waals surface area (Å²) in [5, 5.41) is 4.47. The van der Waals surface area contributed by atoms with Crippen LogP contribution in [0.25, 0.3) is 0 Å². The van der Waals surface area contributed by atoms with Crippen LogP contribution < -0.4 is 0 Å². The van der Waals surface area contributed by atoms with Crippen LogP contribution in [0.5, 0.6) is 0 Å². The first-order valence-corrected chi connectivity index (χ1v) is 8.94. The molecule has 0 N–H and O–H groups in total. The van der Waals surface area contributed by atoms with Gasteiger partial charge in [-0.15, -0.1) is 0 Å². The van der Waals surface area contributed by atoms with Gasteiger partial charge in [-0.1, -0.05) is 18.2 Å². The molecule has 1 aliphatic rings. The van der Waals surface area contributed by atoms with E-state index in [1.165, 1.54) is 4.31 Å². The van der Waals surface area contributed by atoms with Crippen molar-refractivity contribution in [2.45, 2.75) is 24.3 Å². The molecule has 1 aliphatic heterocycles. The van der Waals surface area contributed by atoms with Crippen LogP contribution in [0.3, 0.4) is 0 Å². The molecule has 1 aromatic heterocycles. The van der Waals surface area contributed by atoms with Gasteiger partial charge in [-0.05, 0) is 18.6 Å². The van der Waals surface area contributed by atoms with Gasteiger partial charge in [-0.25, -0.2) is 8.42 Å². The van der Waals surface area contributed by atoms with Crippen molar-refractivity contribution >= 4 is 10.0 Å². The molecule has 0 saturated heterocycles. The topological polar surface area (TPSA) is 64.4 Å². The fourth-order valence-electron chi connectivity index (χ4n) is 3.11. The van der Waals surface area contributed by atoms with Crippen molar-refractivity contribution in [3.8, 4) is 0 Å². The molecule has 2 heterocycles. The number of sulfonamides is 1. The van der Waals surface area contributed by atoms with Crippen LogP contribution in [-0.2, 0) is 28.4 Å². The molecule has 0 amide bonds. The second-order valence-electron chi connectivity index (χ2n) is 5.93. The van der Waals surface area contributed by atoms with Crippen LogP contribution in [0, 0.1) is 6.92 Å². The Balaban J connectivity index is 2.00. The number of benzene rings is 1. The van der Waals surface area contributed by atoms with Crippen molar-refractivity contribution in [3.63, 3.8) is 0 Å². The Bertz CT molecular complexity index is 814. The number of hydrogen-bond donors (Lipinski definition) is 0. The maximum atomic E-state index is 13.0. The van der Waals surface area contributed by atoms with Gasteiger partial charge in [0.1, 0.15) is 0 Å². The van der Waals surface area contributed by atoms with Crippen molar-refractivity contribution < 1.29 is 13.2 Å². The van der Waals surface area contributed by atoms with Gasteiger partial charge in [0.25, 0.3) is 0 Å². The second-order valence-corrected chi connectivity index (χ2v) is 7.83. The Hall–Kier alpha value is -1.70. The van der Waals surface area contributed by atoms with Gasteiger partial charge < -0.3 is 4.74 Å². The van der Waals surface area contributed by atoms with Gasteiger partial charge in [0.15, 0.2) is 0 Å². The third-order valence-corrected chi connectivity index (χ3v) is 6.15. The van der Waals surface area contributed by atoms with Crippen molar-refractivity contribution in [3.05, 3.63) is 47.3 Å². The summed E-state index contributed by atoms with van der Waals surface area (Å²) < 4.78 is 34.6. The lowest BCUT2D eigenvalue weighted by atomic mass is 9.99. The summed E-state index contributed by atoms with van der Waals surface area (Å²) in [4.78, 5) is 0.364. The molecule has 23 heavy (non-hydrogen) atoms. The molecule has 6 nitrogen and oxygen atoms in total. The predicted molar refractivity (Wildman–Crippen MR) is 86.6 cm³/mol. The molecule has 1 atom stereocenters. The van der Waals surface area contributed by atoms with Crippen LogP contribution in [0.4, 0.5) is 0 Å². The lowest BCUT2D eigenvalue weighted by molar-refractivity contribution is 0.161. The van der Waals surface area contributed by atoms with Crippen LogP contribution >= 0.6 is 0 Å². The average molecular weight is 335 g/mol. The molecule has 1 unspecified atom stereocenters. The highest BCUT2D eigenvalue weighted by molar-refractivity contribution is 7.89. The van der Waals surface area contributed by atoms with E-state index in [0.717, 1.165) is 16.8 Å². The van der Waals surface area contributed by atoms with Crippen molar-refractivity contribution in [2.24, 2.45) is 7.05 Å². The Morgan fingerprint density at radius 3 is 2.78 bits per heavy atom. The predicted octanol–water partition coefficient (Wildman–Crippen LogP) is 1.66. The zero-order valence-electron chi connectivity index (χ0n) is 13.6. The van der Waals surface area contributed by atoms with Crippen LogP contribution in [0.2, 0.25) is 0 Å². The second kappa shape index (κ2) is 6.07. The molecule has 0 fully saturated rings. The zero-order chi connectivity index (χ0) is 16.6. The average Bonchev–Trinajstić information content (AvgIpc) is 2.88. The van der Waals surface area contributed by atoms with E-state index in [4.69, 9.17) is 4.74 Å². The van der Waals surface area contributed by atoms with E-state index in [1.54, 1.807) is 23.9 Å². The molecule has 3 rings (SSSR count). The van der Waals surface area contributed by atoms with Crippen LogP contribution in [-0.4, -0.2) is 42.8 Å². The normalized spacial score (nSPS) is 18.8. The maximum Gasteiger partial charge on any atom is 0.243 e. The summed E-state index contributed by atoms with van der Waals surface area (Å²) in [6.45, 7) is 3.00. The van der Waals surface area contributed by atoms with Crippen molar-refractivity contribution in [1.82, 2.24) is 14.1 Å². The smallest absolute Gasteiger partial charge is 0.243 e. The van der Waals surface area contributed by atoms with Crippen LogP contribution in [0.1, 0.15) is 22.7 Å². The van der Waals surface area contributed by atoms with E-state index in [9.17, 15) is 8.42 Å². The molecule has 0 bridgehead atoms. The minimum Gasteiger partial charge on any atom is -0.384 e. The molecule has 124 valence electrons. The Morgan fingerprint density at radius 2 is 2.09 bits per heavy atom. The first-order chi connectivity index (χ1) is 10.9. The van der Waals surface area contributed by atoms with E-state index >= 15 is 0 Å². The van der Waals surface area contributed by atoms with Gasteiger partial charge in [-0.3, -0.25) is 4.68 Å². The minimum absolute atomic E-state index is 0.0521. The van der Waals surface area contributed by atoms with Gasteiger partial charge in [0.2, 0.25) is 10.0 Å². The van der Waals surface area contributed by atoms with E-state index in [-0.39, 0.29) is 5.92 Å². The fourth-order valence-corrected chi connectivity index (χ4v) is 4.80.